The molecule has 0 fully saturated rings. The highest BCUT2D eigenvalue weighted by Crippen LogP contribution is 2.25. The number of aliphatic hydroxyl groups is 1. The molecule has 20 heavy (non-hydrogen) atoms. The maximum absolute atomic E-state index is 10.6. The van der Waals surface area contributed by atoms with Gasteiger partial charge < -0.3 is 9.84 Å². The summed E-state index contributed by atoms with van der Waals surface area (Å²) in [6.07, 6.45) is -0.222. The van der Waals surface area contributed by atoms with Crippen LogP contribution in [0.25, 0.3) is 0 Å². The Morgan fingerprint density at radius 2 is 1.70 bits per heavy atom. The Balaban J connectivity index is 2.68. The van der Waals surface area contributed by atoms with Crippen LogP contribution in [0.2, 0.25) is 0 Å². The highest BCUT2D eigenvalue weighted by molar-refractivity contribution is 5.19. The molecule has 0 spiro atoms. The molecule has 0 bridgehead atoms. The van der Waals surface area contributed by atoms with Crippen molar-refractivity contribution in [3.05, 3.63) is 35.9 Å². The van der Waals surface area contributed by atoms with Crippen LogP contribution in [-0.2, 0) is 4.74 Å². The van der Waals surface area contributed by atoms with Gasteiger partial charge in [0, 0.05) is 12.6 Å². The molecule has 2 atom stereocenters. The molecule has 3 nitrogen and oxygen atoms in total. The summed E-state index contributed by atoms with van der Waals surface area (Å²) < 4.78 is 5.60. The van der Waals surface area contributed by atoms with E-state index >= 15 is 0 Å². The van der Waals surface area contributed by atoms with Gasteiger partial charge in [0.15, 0.2) is 0 Å². The molecule has 2 unspecified atom stereocenters. The van der Waals surface area contributed by atoms with Crippen LogP contribution in [0.4, 0.5) is 0 Å². The van der Waals surface area contributed by atoms with E-state index in [9.17, 15) is 5.11 Å². The van der Waals surface area contributed by atoms with Gasteiger partial charge in [-0.25, -0.2) is 0 Å². The summed E-state index contributed by atoms with van der Waals surface area (Å²) in [6, 6.07) is 9.97. The van der Waals surface area contributed by atoms with Crippen LogP contribution in [0.3, 0.4) is 0 Å². The van der Waals surface area contributed by atoms with Crippen molar-refractivity contribution >= 4 is 0 Å². The number of likely N-dealkylation sites (N-methyl/N-ethyl adjacent to an activating group) is 1. The maximum atomic E-state index is 10.6. The standard InChI is InChI=1S/C17H29NO2/c1-13(2)16(18(5)11-12-20-14(3)4)17(19)15-9-7-6-8-10-15/h6-10,13-14,16-17,19H,11-12H2,1-5H3. The quantitative estimate of drug-likeness (QED) is 0.793. The molecule has 1 N–H and O–H groups in total. The molecule has 0 radical (unpaired) electrons. The fraction of sp³-hybridized carbons (Fsp3) is 0.647. The third kappa shape index (κ3) is 5.23. The topological polar surface area (TPSA) is 32.7 Å². The largest absolute Gasteiger partial charge is 0.387 e. The first-order chi connectivity index (χ1) is 9.43. The Bertz CT molecular complexity index is 365. The van der Waals surface area contributed by atoms with Gasteiger partial charge >= 0.3 is 0 Å². The normalized spacial score (nSPS) is 15.1. The second kappa shape index (κ2) is 8.40. The molecule has 0 amide bonds. The Morgan fingerprint density at radius 1 is 1.10 bits per heavy atom. The lowest BCUT2D eigenvalue weighted by atomic mass is 9.92. The monoisotopic (exact) mass is 279 g/mol. The zero-order valence-corrected chi connectivity index (χ0v) is 13.4. The minimum atomic E-state index is -0.472. The molecular formula is C17H29NO2. The fourth-order valence-corrected chi connectivity index (χ4v) is 2.54. The van der Waals surface area contributed by atoms with Gasteiger partial charge in [-0.3, -0.25) is 4.90 Å². The average Bonchev–Trinajstić information content (AvgIpc) is 2.39. The van der Waals surface area contributed by atoms with E-state index in [4.69, 9.17) is 4.74 Å². The third-order valence-corrected chi connectivity index (χ3v) is 3.55. The average molecular weight is 279 g/mol. The molecule has 1 rings (SSSR count). The van der Waals surface area contributed by atoms with Crippen LogP contribution < -0.4 is 0 Å². The van der Waals surface area contributed by atoms with Crippen LogP contribution in [0.5, 0.6) is 0 Å². The Hall–Kier alpha value is -0.900. The van der Waals surface area contributed by atoms with E-state index in [0.29, 0.717) is 12.5 Å². The zero-order valence-electron chi connectivity index (χ0n) is 13.4. The smallest absolute Gasteiger partial charge is 0.0947 e. The summed E-state index contributed by atoms with van der Waals surface area (Å²) in [6.45, 7) is 9.90. The van der Waals surface area contributed by atoms with Crippen molar-refractivity contribution in [3.8, 4) is 0 Å². The predicted octanol–water partition coefficient (Wildman–Crippen LogP) is 3.10. The van der Waals surface area contributed by atoms with Crippen LogP contribution in [0.1, 0.15) is 39.4 Å². The SMILES string of the molecule is CC(C)OCCN(C)C(C(C)C)C(O)c1ccccc1. The summed E-state index contributed by atoms with van der Waals surface area (Å²) in [5, 5.41) is 10.6. The number of nitrogens with zero attached hydrogens (tertiary/aromatic N) is 1. The Kier molecular flexibility index (Phi) is 7.20. The molecule has 0 heterocycles. The van der Waals surface area contributed by atoms with E-state index in [1.165, 1.54) is 0 Å². The van der Waals surface area contributed by atoms with Gasteiger partial charge in [-0.05, 0) is 32.4 Å². The highest BCUT2D eigenvalue weighted by atomic mass is 16.5. The molecule has 0 aliphatic carbocycles. The van der Waals surface area contributed by atoms with Crippen molar-refractivity contribution in [2.45, 2.75) is 45.9 Å². The zero-order chi connectivity index (χ0) is 15.1. The van der Waals surface area contributed by atoms with Gasteiger partial charge in [-0.15, -0.1) is 0 Å². The van der Waals surface area contributed by atoms with Crippen molar-refractivity contribution < 1.29 is 9.84 Å². The van der Waals surface area contributed by atoms with E-state index in [1.807, 2.05) is 44.2 Å². The summed E-state index contributed by atoms with van der Waals surface area (Å²) in [4.78, 5) is 2.20. The maximum Gasteiger partial charge on any atom is 0.0947 e. The number of hydrogen-bond donors (Lipinski definition) is 1. The van der Waals surface area contributed by atoms with Gasteiger partial charge in [0.1, 0.15) is 0 Å². The minimum Gasteiger partial charge on any atom is -0.387 e. The van der Waals surface area contributed by atoms with Crippen LogP contribution in [0.15, 0.2) is 30.3 Å². The fourth-order valence-electron chi connectivity index (χ4n) is 2.54. The van der Waals surface area contributed by atoms with Crippen molar-refractivity contribution in [2.24, 2.45) is 5.92 Å². The first-order valence-corrected chi connectivity index (χ1v) is 7.48. The minimum absolute atomic E-state index is 0.0909. The number of aliphatic hydroxyl groups excluding tert-OH is 1. The van der Waals surface area contributed by atoms with Crippen LogP contribution >= 0.6 is 0 Å². The molecule has 0 aromatic heterocycles. The van der Waals surface area contributed by atoms with Gasteiger partial charge in [0.2, 0.25) is 0 Å². The number of benzene rings is 1. The third-order valence-electron chi connectivity index (χ3n) is 3.55. The molecule has 1 aromatic carbocycles. The van der Waals surface area contributed by atoms with Crippen LogP contribution in [0, 0.1) is 5.92 Å². The van der Waals surface area contributed by atoms with Crippen molar-refractivity contribution in [3.63, 3.8) is 0 Å². The van der Waals surface area contributed by atoms with E-state index in [-0.39, 0.29) is 12.1 Å². The molecule has 0 aliphatic rings. The lowest BCUT2D eigenvalue weighted by Crippen LogP contribution is -2.42. The number of rotatable bonds is 8. The highest BCUT2D eigenvalue weighted by Gasteiger charge is 2.27. The van der Waals surface area contributed by atoms with Crippen molar-refractivity contribution in [1.29, 1.82) is 0 Å². The van der Waals surface area contributed by atoms with Gasteiger partial charge in [0.05, 0.1) is 18.8 Å². The van der Waals surface area contributed by atoms with Crippen molar-refractivity contribution in [1.82, 2.24) is 4.90 Å². The molecule has 1 aromatic rings. The number of hydrogen-bond acceptors (Lipinski definition) is 3. The van der Waals surface area contributed by atoms with Crippen LogP contribution in [-0.4, -0.2) is 42.4 Å². The Morgan fingerprint density at radius 3 is 2.20 bits per heavy atom. The molecule has 0 aliphatic heterocycles. The molecule has 0 saturated heterocycles. The number of ether oxygens (including phenoxy) is 1. The molecule has 3 heteroatoms. The second-order valence-electron chi connectivity index (χ2n) is 5.99. The van der Waals surface area contributed by atoms with E-state index in [2.05, 4.69) is 25.8 Å². The second-order valence-corrected chi connectivity index (χ2v) is 5.99. The summed E-state index contributed by atoms with van der Waals surface area (Å²) in [7, 11) is 2.06. The molecular weight excluding hydrogens is 250 g/mol. The molecule has 0 saturated carbocycles. The van der Waals surface area contributed by atoms with Gasteiger partial charge in [0.25, 0.3) is 0 Å². The first-order valence-electron chi connectivity index (χ1n) is 7.48. The Labute approximate surface area is 123 Å². The van der Waals surface area contributed by atoms with Gasteiger partial charge in [-0.2, -0.15) is 0 Å². The summed E-state index contributed by atoms with van der Waals surface area (Å²) in [5.74, 6) is 0.370. The van der Waals surface area contributed by atoms with E-state index in [0.717, 1.165) is 12.1 Å². The van der Waals surface area contributed by atoms with E-state index < -0.39 is 6.10 Å². The first kappa shape index (κ1) is 17.2. The summed E-state index contributed by atoms with van der Waals surface area (Å²) in [5.41, 5.74) is 0.975. The lowest BCUT2D eigenvalue weighted by Gasteiger charge is -2.35. The molecule has 114 valence electrons. The van der Waals surface area contributed by atoms with Crippen molar-refractivity contribution in [2.75, 3.05) is 20.2 Å². The van der Waals surface area contributed by atoms with Gasteiger partial charge in [-0.1, -0.05) is 44.2 Å². The van der Waals surface area contributed by atoms with E-state index in [1.54, 1.807) is 0 Å². The predicted molar refractivity (Wildman–Crippen MR) is 83.7 cm³/mol. The lowest BCUT2D eigenvalue weighted by molar-refractivity contribution is 0.00770. The summed E-state index contributed by atoms with van der Waals surface area (Å²) >= 11 is 0.